The third kappa shape index (κ3) is 3.19. The van der Waals surface area contributed by atoms with Gasteiger partial charge in [0, 0.05) is 5.69 Å². The van der Waals surface area contributed by atoms with Crippen molar-refractivity contribution in [3.05, 3.63) is 29.8 Å². The Morgan fingerprint density at radius 2 is 1.93 bits per heavy atom. The number of nitrogens with one attached hydrogen (secondary N) is 1. The summed E-state index contributed by atoms with van der Waals surface area (Å²) in [7, 11) is -4.14. The lowest BCUT2D eigenvalue weighted by Crippen LogP contribution is -2.28. The van der Waals surface area contributed by atoms with Gasteiger partial charge in [-0.1, -0.05) is 19.1 Å². The highest BCUT2D eigenvalue weighted by atomic mass is 32.2. The molecule has 84 valence electrons. The van der Waals surface area contributed by atoms with Crippen molar-refractivity contribution in [1.29, 1.82) is 0 Å². The van der Waals surface area contributed by atoms with Crippen LogP contribution in [0.25, 0.3) is 0 Å². The quantitative estimate of drug-likeness (QED) is 0.524. The van der Waals surface area contributed by atoms with Crippen molar-refractivity contribution >= 4 is 15.8 Å². The topological polar surface area (TPSA) is 92.4 Å². The smallest absolute Gasteiger partial charge is 0.285 e. The van der Waals surface area contributed by atoms with E-state index in [1.54, 1.807) is 31.2 Å². The third-order valence-corrected chi connectivity index (χ3v) is 2.96. The molecule has 0 saturated heterocycles. The fraction of sp³-hybridized carbons (Fsp3) is 0.333. The van der Waals surface area contributed by atoms with Crippen LogP contribution in [0, 0.1) is 0 Å². The van der Waals surface area contributed by atoms with Gasteiger partial charge in [-0.15, -0.1) is 0 Å². The highest BCUT2D eigenvalue weighted by molar-refractivity contribution is 7.86. The molecule has 0 spiro atoms. The molecule has 1 atom stereocenters. The van der Waals surface area contributed by atoms with E-state index in [0.717, 1.165) is 0 Å². The molecule has 0 aliphatic heterocycles. The lowest BCUT2D eigenvalue weighted by Gasteiger charge is -2.14. The minimum atomic E-state index is -4.14. The normalized spacial score (nSPS) is 13.7. The maximum atomic E-state index is 11.1. The van der Waals surface area contributed by atoms with Crippen LogP contribution in [-0.2, 0) is 10.1 Å². The molecule has 4 N–H and O–H groups in total. The minimum Gasteiger partial charge on any atom is -0.399 e. The highest BCUT2D eigenvalue weighted by Gasteiger charge is 2.23. The molecule has 0 radical (unpaired) electrons. The maximum absolute atomic E-state index is 11.1. The van der Waals surface area contributed by atoms with E-state index < -0.39 is 15.5 Å². The molecule has 1 aromatic rings. The van der Waals surface area contributed by atoms with Gasteiger partial charge in [-0.2, -0.15) is 8.42 Å². The number of anilines is 1. The SMILES string of the molecule is CCNC(c1ccc(N)cc1)S(=O)(=O)O. The van der Waals surface area contributed by atoms with Crippen molar-refractivity contribution in [2.24, 2.45) is 0 Å². The van der Waals surface area contributed by atoms with Crippen LogP contribution >= 0.6 is 0 Å². The molecule has 1 aromatic carbocycles. The maximum Gasteiger partial charge on any atom is 0.285 e. The van der Waals surface area contributed by atoms with Crippen molar-refractivity contribution < 1.29 is 13.0 Å². The molecule has 1 rings (SSSR count). The molecule has 0 aliphatic carbocycles. The Bertz CT molecular complexity index is 413. The van der Waals surface area contributed by atoms with E-state index in [9.17, 15) is 8.42 Å². The van der Waals surface area contributed by atoms with Crippen LogP contribution in [0.2, 0.25) is 0 Å². The molecule has 0 amide bonds. The van der Waals surface area contributed by atoms with Gasteiger partial charge in [-0.25, -0.2) is 0 Å². The first-order valence-electron chi connectivity index (χ1n) is 4.50. The van der Waals surface area contributed by atoms with Crippen molar-refractivity contribution in [2.75, 3.05) is 12.3 Å². The summed E-state index contributed by atoms with van der Waals surface area (Å²) in [6.45, 7) is 2.20. The molecule has 6 heteroatoms. The molecule has 1 unspecified atom stereocenters. The lowest BCUT2D eigenvalue weighted by atomic mass is 10.2. The molecular formula is C9H14N2O3S. The standard InChI is InChI=1S/C9H14N2O3S/c1-2-11-9(15(12,13)14)7-3-5-8(10)6-4-7/h3-6,9,11H,2,10H2,1H3,(H,12,13,14). The third-order valence-electron chi connectivity index (χ3n) is 1.93. The summed E-state index contributed by atoms with van der Waals surface area (Å²) in [6, 6.07) is 6.31. The summed E-state index contributed by atoms with van der Waals surface area (Å²) >= 11 is 0. The Morgan fingerprint density at radius 3 is 2.33 bits per heavy atom. The molecule has 0 saturated carbocycles. The monoisotopic (exact) mass is 230 g/mol. The number of benzene rings is 1. The van der Waals surface area contributed by atoms with Gasteiger partial charge in [0.05, 0.1) is 0 Å². The molecule has 0 fully saturated rings. The Morgan fingerprint density at radius 1 is 1.40 bits per heavy atom. The van der Waals surface area contributed by atoms with Crippen molar-refractivity contribution in [1.82, 2.24) is 5.32 Å². The van der Waals surface area contributed by atoms with E-state index in [1.165, 1.54) is 0 Å². The number of nitrogen functional groups attached to an aromatic ring is 1. The van der Waals surface area contributed by atoms with Gasteiger partial charge in [-0.3, -0.25) is 9.87 Å². The Kier molecular flexibility index (Phi) is 3.67. The number of nitrogens with two attached hydrogens (primary N) is 1. The molecule has 0 aromatic heterocycles. The summed E-state index contributed by atoms with van der Waals surface area (Å²) in [5.74, 6) is 0. The second-order valence-electron chi connectivity index (χ2n) is 3.12. The second-order valence-corrected chi connectivity index (χ2v) is 4.62. The van der Waals surface area contributed by atoms with Crippen LogP contribution in [-0.4, -0.2) is 19.5 Å². The molecule has 0 aliphatic rings. The van der Waals surface area contributed by atoms with E-state index in [-0.39, 0.29) is 0 Å². The first-order chi connectivity index (χ1) is 6.95. The van der Waals surface area contributed by atoms with Gasteiger partial charge < -0.3 is 5.73 Å². The van der Waals surface area contributed by atoms with E-state index in [4.69, 9.17) is 10.3 Å². The van der Waals surface area contributed by atoms with Gasteiger partial charge in [0.25, 0.3) is 10.1 Å². The Hall–Kier alpha value is -1.11. The predicted octanol–water partition coefficient (Wildman–Crippen LogP) is 0.765. The van der Waals surface area contributed by atoms with E-state index in [0.29, 0.717) is 17.8 Å². The Balaban J connectivity index is 3.05. The van der Waals surface area contributed by atoms with E-state index in [2.05, 4.69) is 5.32 Å². The van der Waals surface area contributed by atoms with Gasteiger partial charge in [0.15, 0.2) is 5.37 Å². The van der Waals surface area contributed by atoms with Crippen molar-refractivity contribution in [2.45, 2.75) is 12.3 Å². The van der Waals surface area contributed by atoms with Crippen LogP contribution in [0.15, 0.2) is 24.3 Å². The highest BCUT2D eigenvalue weighted by Crippen LogP contribution is 2.19. The average Bonchev–Trinajstić information content (AvgIpc) is 2.14. The summed E-state index contributed by atoms with van der Waals surface area (Å²) in [5.41, 5.74) is 6.49. The molecule has 5 nitrogen and oxygen atoms in total. The van der Waals surface area contributed by atoms with Crippen LogP contribution < -0.4 is 11.1 Å². The lowest BCUT2D eigenvalue weighted by molar-refractivity contribution is 0.455. The van der Waals surface area contributed by atoms with Crippen LogP contribution in [0.5, 0.6) is 0 Å². The van der Waals surface area contributed by atoms with Crippen molar-refractivity contribution in [3.63, 3.8) is 0 Å². The molecule has 0 bridgehead atoms. The fourth-order valence-corrected chi connectivity index (χ4v) is 2.13. The van der Waals surface area contributed by atoms with E-state index >= 15 is 0 Å². The number of rotatable bonds is 4. The van der Waals surface area contributed by atoms with Crippen molar-refractivity contribution in [3.8, 4) is 0 Å². The summed E-state index contributed by atoms with van der Waals surface area (Å²) in [6.07, 6.45) is 0. The van der Waals surface area contributed by atoms with E-state index in [1.807, 2.05) is 0 Å². The molecular weight excluding hydrogens is 216 g/mol. The molecule has 15 heavy (non-hydrogen) atoms. The number of hydrogen-bond donors (Lipinski definition) is 3. The van der Waals surface area contributed by atoms with Gasteiger partial charge >= 0.3 is 0 Å². The fourth-order valence-electron chi connectivity index (χ4n) is 1.25. The van der Waals surface area contributed by atoms with Gasteiger partial charge in [0.1, 0.15) is 0 Å². The van der Waals surface area contributed by atoms with Gasteiger partial charge in [0.2, 0.25) is 0 Å². The second kappa shape index (κ2) is 4.61. The number of hydrogen-bond acceptors (Lipinski definition) is 4. The largest absolute Gasteiger partial charge is 0.399 e. The van der Waals surface area contributed by atoms with Crippen LogP contribution in [0.4, 0.5) is 5.69 Å². The Labute approximate surface area is 89.0 Å². The molecule has 0 heterocycles. The summed E-state index contributed by atoms with van der Waals surface area (Å²) < 4.78 is 31.1. The summed E-state index contributed by atoms with van der Waals surface area (Å²) in [5, 5.41) is 1.59. The van der Waals surface area contributed by atoms with Gasteiger partial charge in [-0.05, 0) is 24.2 Å². The van der Waals surface area contributed by atoms with Crippen LogP contribution in [0.1, 0.15) is 17.9 Å². The zero-order valence-electron chi connectivity index (χ0n) is 8.34. The predicted molar refractivity (Wildman–Crippen MR) is 58.8 cm³/mol. The van der Waals surface area contributed by atoms with Crippen LogP contribution in [0.3, 0.4) is 0 Å². The zero-order chi connectivity index (χ0) is 11.5. The zero-order valence-corrected chi connectivity index (χ0v) is 9.16. The first kappa shape index (κ1) is 12.0. The first-order valence-corrected chi connectivity index (χ1v) is 6.00. The minimum absolute atomic E-state index is 0.439. The summed E-state index contributed by atoms with van der Waals surface area (Å²) in [4.78, 5) is 0. The average molecular weight is 230 g/mol.